The van der Waals surface area contributed by atoms with Crippen LogP contribution >= 0.6 is 0 Å². The monoisotopic (exact) mass is 365 g/mol. The Morgan fingerprint density at radius 1 is 1.26 bits per heavy atom. The average molecular weight is 365 g/mol. The maximum Gasteiger partial charge on any atom is 0.156 e. The van der Waals surface area contributed by atoms with Gasteiger partial charge in [-0.25, -0.2) is 14.6 Å². The fourth-order valence-electron chi connectivity index (χ4n) is 3.68. The van der Waals surface area contributed by atoms with Crippen molar-refractivity contribution in [1.82, 2.24) is 24.3 Å². The van der Waals surface area contributed by atoms with E-state index in [-0.39, 0.29) is 0 Å². The Morgan fingerprint density at radius 2 is 2.19 bits per heavy atom. The van der Waals surface area contributed by atoms with Gasteiger partial charge in [-0.15, -0.1) is 0 Å². The Bertz CT molecular complexity index is 892. The highest BCUT2D eigenvalue weighted by Crippen LogP contribution is 2.23. The summed E-state index contributed by atoms with van der Waals surface area (Å²) < 4.78 is 9.83. The maximum absolute atomic E-state index is 5.54. The highest BCUT2D eigenvalue weighted by Gasteiger charge is 2.23. The summed E-state index contributed by atoms with van der Waals surface area (Å²) in [6.07, 6.45) is 6.71. The fourth-order valence-corrected chi connectivity index (χ4v) is 3.68. The largest absolute Gasteiger partial charge is 0.381 e. The summed E-state index contributed by atoms with van der Waals surface area (Å²) in [6, 6.07) is 8.60. The SMILES string of the molecule is CCc1nccn1CCc1nc(C2CCOC2)nn1Cc1cccc(C)c1. The predicted octanol–water partition coefficient (Wildman–Crippen LogP) is 3.14. The van der Waals surface area contributed by atoms with Crippen LogP contribution in [-0.4, -0.2) is 37.5 Å². The van der Waals surface area contributed by atoms with E-state index >= 15 is 0 Å². The standard InChI is InChI=1S/C21H27N5O/c1-3-19-22-9-11-25(19)10-7-20-23-21(18-8-12-27-15-18)24-26(20)14-17-6-4-5-16(2)13-17/h4-6,9,11,13,18H,3,7-8,10,12,14-15H2,1-2H3. The first-order chi connectivity index (χ1) is 13.2. The van der Waals surface area contributed by atoms with Crippen molar-refractivity contribution in [2.45, 2.75) is 52.1 Å². The van der Waals surface area contributed by atoms with Gasteiger partial charge in [0.05, 0.1) is 13.2 Å². The summed E-state index contributed by atoms with van der Waals surface area (Å²) in [5.41, 5.74) is 2.52. The third kappa shape index (κ3) is 4.11. The Balaban J connectivity index is 1.57. The van der Waals surface area contributed by atoms with Gasteiger partial charge in [0.1, 0.15) is 11.6 Å². The zero-order valence-corrected chi connectivity index (χ0v) is 16.1. The first-order valence-corrected chi connectivity index (χ1v) is 9.80. The molecule has 2 aromatic heterocycles. The van der Waals surface area contributed by atoms with Crippen LogP contribution in [0.25, 0.3) is 0 Å². The van der Waals surface area contributed by atoms with Crippen molar-refractivity contribution < 1.29 is 4.74 Å². The smallest absolute Gasteiger partial charge is 0.156 e. The molecule has 6 heteroatoms. The summed E-state index contributed by atoms with van der Waals surface area (Å²) in [6.45, 7) is 7.42. The first kappa shape index (κ1) is 17.9. The highest BCUT2D eigenvalue weighted by atomic mass is 16.5. The van der Waals surface area contributed by atoms with E-state index in [4.69, 9.17) is 14.8 Å². The minimum atomic E-state index is 0.321. The lowest BCUT2D eigenvalue weighted by atomic mass is 10.1. The van der Waals surface area contributed by atoms with Crippen molar-refractivity contribution in [3.8, 4) is 0 Å². The zero-order valence-electron chi connectivity index (χ0n) is 16.1. The lowest BCUT2D eigenvalue weighted by Gasteiger charge is -2.09. The number of hydrogen-bond acceptors (Lipinski definition) is 4. The van der Waals surface area contributed by atoms with Crippen LogP contribution in [0.5, 0.6) is 0 Å². The van der Waals surface area contributed by atoms with E-state index in [9.17, 15) is 0 Å². The van der Waals surface area contributed by atoms with Gasteiger partial charge in [-0.2, -0.15) is 5.10 Å². The maximum atomic E-state index is 5.54. The van der Waals surface area contributed by atoms with Gasteiger partial charge >= 0.3 is 0 Å². The van der Waals surface area contributed by atoms with Gasteiger partial charge in [-0.3, -0.25) is 0 Å². The lowest BCUT2D eigenvalue weighted by Crippen LogP contribution is -2.11. The molecule has 0 radical (unpaired) electrons. The van der Waals surface area contributed by atoms with E-state index in [0.717, 1.165) is 63.0 Å². The molecule has 142 valence electrons. The third-order valence-electron chi connectivity index (χ3n) is 5.17. The molecule has 0 spiro atoms. The van der Waals surface area contributed by atoms with Gasteiger partial charge < -0.3 is 9.30 Å². The molecule has 1 atom stereocenters. The van der Waals surface area contributed by atoms with Crippen LogP contribution < -0.4 is 0 Å². The van der Waals surface area contributed by atoms with Gasteiger partial charge in [0, 0.05) is 44.3 Å². The van der Waals surface area contributed by atoms with Crippen molar-refractivity contribution in [2.24, 2.45) is 0 Å². The van der Waals surface area contributed by atoms with Gasteiger partial charge in [0.25, 0.3) is 0 Å². The van der Waals surface area contributed by atoms with E-state index in [1.807, 2.05) is 12.4 Å². The number of ether oxygens (including phenoxy) is 1. The van der Waals surface area contributed by atoms with Gasteiger partial charge in [0.2, 0.25) is 0 Å². The van der Waals surface area contributed by atoms with Crippen LogP contribution in [0.1, 0.15) is 47.9 Å². The van der Waals surface area contributed by atoms with Gasteiger partial charge in [0.15, 0.2) is 5.82 Å². The molecule has 6 nitrogen and oxygen atoms in total. The Hall–Kier alpha value is -2.47. The number of aromatic nitrogens is 5. The second-order valence-corrected chi connectivity index (χ2v) is 7.23. The van der Waals surface area contributed by atoms with E-state index in [2.05, 4.69) is 52.3 Å². The molecule has 0 aliphatic carbocycles. The molecular weight excluding hydrogens is 338 g/mol. The van der Waals surface area contributed by atoms with E-state index in [1.165, 1.54) is 11.1 Å². The van der Waals surface area contributed by atoms with Crippen LogP contribution in [0, 0.1) is 6.92 Å². The zero-order chi connectivity index (χ0) is 18.6. The minimum absolute atomic E-state index is 0.321. The number of nitrogens with zero attached hydrogens (tertiary/aromatic N) is 5. The van der Waals surface area contributed by atoms with E-state index < -0.39 is 0 Å². The molecule has 1 unspecified atom stereocenters. The molecule has 1 saturated heterocycles. The van der Waals surface area contributed by atoms with Gasteiger partial charge in [-0.05, 0) is 18.9 Å². The van der Waals surface area contributed by atoms with Crippen LogP contribution in [0.4, 0.5) is 0 Å². The Morgan fingerprint density at radius 3 is 2.96 bits per heavy atom. The molecular formula is C21H27N5O. The number of benzene rings is 1. The molecule has 1 aromatic carbocycles. The number of aryl methyl sites for hydroxylation is 4. The van der Waals surface area contributed by atoms with E-state index in [0.29, 0.717) is 5.92 Å². The summed E-state index contributed by atoms with van der Waals surface area (Å²) >= 11 is 0. The molecule has 0 amide bonds. The third-order valence-corrected chi connectivity index (χ3v) is 5.17. The van der Waals surface area contributed by atoms with Crippen molar-refractivity contribution in [3.63, 3.8) is 0 Å². The highest BCUT2D eigenvalue weighted by molar-refractivity contribution is 5.22. The molecule has 4 rings (SSSR count). The van der Waals surface area contributed by atoms with Crippen LogP contribution in [0.3, 0.4) is 0 Å². The lowest BCUT2D eigenvalue weighted by molar-refractivity contribution is 0.193. The van der Waals surface area contributed by atoms with Crippen molar-refractivity contribution >= 4 is 0 Å². The van der Waals surface area contributed by atoms with E-state index in [1.54, 1.807) is 0 Å². The molecule has 27 heavy (non-hydrogen) atoms. The fraction of sp³-hybridized carbons (Fsp3) is 0.476. The Kier molecular flexibility index (Phi) is 5.34. The van der Waals surface area contributed by atoms with Crippen LogP contribution in [0.15, 0.2) is 36.7 Å². The molecule has 0 saturated carbocycles. The average Bonchev–Trinajstić information content (AvgIpc) is 3.40. The molecule has 1 aliphatic rings. The minimum Gasteiger partial charge on any atom is -0.381 e. The molecule has 1 fully saturated rings. The molecule has 1 aliphatic heterocycles. The molecule has 0 N–H and O–H groups in total. The van der Waals surface area contributed by atoms with Crippen LogP contribution in [-0.2, 0) is 30.7 Å². The van der Waals surface area contributed by atoms with Crippen molar-refractivity contribution in [2.75, 3.05) is 13.2 Å². The number of imidazole rings is 1. The van der Waals surface area contributed by atoms with Gasteiger partial charge in [-0.1, -0.05) is 36.8 Å². The van der Waals surface area contributed by atoms with Crippen molar-refractivity contribution in [1.29, 1.82) is 0 Å². The predicted molar refractivity (Wildman–Crippen MR) is 104 cm³/mol. The summed E-state index contributed by atoms with van der Waals surface area (Å²) in [7, 11) is 0. The normalized spacial score (nSPS) is 16.9. The molecule has 0 bridgehead atoms. The van der Waals surface area contributed by atoms with Crippen molar-refractivity contribution in [3.05, 3.63) is 65.3 Å². The first-order valence-electron chi connectivity index (χ1n) is 9.80. The Labute approximate surface area is 160 Å². The number of hydrogen-bond donors (Lipinski definition) is 0. The summed E-state index contributed by atoms with van der Waals surface area (Å²) in [5.74, 6) is 3.40. The van der Waals surface area contributed by atoms with Crippen LogP contribution in [0.2, 0.25) is 0 Å². The molecule has 3 heterocycles. The topological polar surface area (TPSA) is 57.8 Å². The second-order valence-electron chi connectivity index (χ2n) is 7.23. The quantitative estimate of drug-likeness (QED) is 0.645. The summed E-state index contributed by atoms with van der Waals surface area (Å²) in [4.78, 5) is 9.32. The second kappa shape index (κ2) is 8.05. The number of rotatable bonds is 7. The summed E-state index contributed by atoms with van der Waals surface area (Å²) in [5, 5.41) is 4.86. The molecule has 3 aromatic rings.